The zero-order valence-electron chi connectivity index (χ0n) is 16.7. The Balaban J connectivity index is 1.67. The molecule has 0 bridgehead atoms. The van der Waals surface area contributed by atoms with Crippen LogP contribution in [0.15, 0.2) is 48.6 Å². The molecule has 0 saturated heterocycles. The lowest BCUT2D eigenvalue weighted by atomic mass is 9.83. The molecule has 0 spiro atoms. The average Bonchev–Trinajstić information content (AvgIpc) is 2.69. The number of allylic oxidation sites excluding steroid dienone is 3. The maximum Gasteiger partial charge on any atom is 0.119 e. The van der Waals surface area contributed by atoms with Gasteiger partial charge < -0.3 is 9.47 Å². The van der Waals surface area contributed by atoms with Crippen LogP contribution in [0.3, 0.4) is 0 Å². The summed E-state index contributed by atoms with van der Waals surface area (Å²) < 4.78 is 11.8. The molecule has 1 aliphatic carbocycles. The molecule has 0 unspecified atom stereocenters. The van der Waals surface area contributed by atoms with Crippen LogP contribution in [0.4, 0.5) is 0 Å². The Bertz CT molecular complexity index is 522. The normalized spacial score (nSPS) is 20.8. The number of benzene rings is 1. The van der Waals surface area contributed by atoms with Crippen molar-refractivity contribution in [2.24, 2.45) is 0 Å². The van der Waals surface area contributed by atoms with Gasteiger partial charge in [0, 0.05) is 0 Å². The molecule has 1 fully saturated rings. The minimum atomic E-state index is 0.423. The predicted molar refractivity (Wildman–Crippen MR) is 111 cm³/mol. The van der Waals surface area contributed by atoms with Gasteiger partial charge in [-0.2, -0.15) is 0 Å². The molecule has 0 amide bonds. The molecule has 0 N–H and O–H groups in total. The maximum atomic E-state index is 5.96. The van der Waals surface area contributed by atoms with Crippen LogP contribution >= 0.6 is 0 Å². The van der Waals surface area contributed by atoms with Gasteiger partial charge in [0.15, 0.2) is 0 Å². The van der Waals surface area contributed by atoms with E-state index >= 15 is 0 Å². The summed E-state index contributed by atoms with van der Waals surface area (Å²) in [6.07, 6.45) is 18.4. The van der Waals surface area contributed by atoms with Gasteiger partial charge in [-0.3, -0.25) is 0 Å². The van der Waals surface area contributed by atoms with Crippen molar-refractivity contribution in [2.75, 3.05) is 13.2 Å². The highest BCUT2D eigenvalue weighted by molar-refractivity contribution is 5.29. The molecular formula is C24H36O2. The van der Waals surface area contributed by atoms with Crippen LogP contribution in [-0.2, 0) is 4.74 Å². The highest BCUT2D eigenvalue weighted by atomic mass is 16.5. The van der Waals surface area contributed by atoms with Crippen LogP contribution in [-0.4, -0.2) is 19.3 Å². The fraction of sp³-hybridized carbons (Fsp3) is 0.583. The monoisotopic (exact) mass is 356 g/mol. The van der Waals surface area contributed by atoms with E-state index in [-0.39, 0.29) is 0 Å². The van der Waals surface area contributed by atoms with Gasteiger partial charge in [-0.25, -0.2) is 0 Å². The van der Waals surface area contributed by atoms with Gasteiger partial charge in [0.25, 0.3) is 0 Å². The van der Waals surface area contributed by atoms with Crippen LogP contribution in [0.1, 0.15) is 76.7 Å². The van der Waals surface area contributed by atoms with E-state index in [0.29, 0.717) is 12.0 Å². The van der Waals surface area contributed by atoms with E-state index in [0.717, 1.165) is 38.2 Å². The van der Waals surface area contributed by atoms with E-state index in [9.17, 15) is 0 Å². The predicted octanol–water partition coefficient (Wildman–Crippen LogP) is 6.82. The van der Waals surface area contributed by atoms with E-state index < -0.39 is 0 Å². The zero-order valence-corrected chi connectivity index (χ0v) is 16.7. The Morgan fingerprint density at radius 1 is 0.962 bits per heavy atom. The van der Waals surface area contributed by atoms with Gasteiger partial charge in [0.1, 0.15) is 5.75 Å². The van der Waals surface area contributed by atoms with Gasteiger partial charge in [-0.15, -0.1) is 0 Å². The van der Waals surface area contributed by atoms with Crippen molar-refractivity contribution in [3.05, 3.63) is 54.1 Å². The maximum absolute atomic E-state index is 5.96. The van der Waals surface area contributed by atoms with Gasteiger partial charge in [-0.1, -0.05) is 62.6 Å². The van der Waals surface area contributed by atoms with Crippen molar-refractivity contribution < 1.29 is 9.47 Å². The first-order chi connectivity index (χ1) is 12.8. The highest BCUT2D eigenvalue weighted by Gasteiger charge is 2.22. The number of hydrogen-bond donors (Lipinski definition) is 0. The fourth-order valence-corrected chi connectivity index (χ4v) is 3.55. The molecule has 0 aromatic heterocycles. The standard InChI is InChI=1S/C24H36O2/c1-3-5-7-9-19-25-23-15-11-21(12-16-23)22-13-17-24(18-14-22)26-20-10-8-6-4-2/h3,5,7,9,13-14,17-18,21,23H,4,6,8,10-12,15-16,19-20H2,1-2H3/b5-3+,9-7+. The largest absolute Gasteiger partial charge is 0.494 e. The van der Waals surface area contributed by atoms with Crippen molar-refractivity contribution in [3.8, 4) is 5.75 Å². The molecule has 26 heavy (non-hydrogen) atoms. The minimum absolute atomic E-state index is 0.423. The van der Waals surface area contributed by atoms with E-state index in [1.165, 1.54) is 37.7 Å². The third-order valence-electron chi connectivity index (χ3n) is 5.16. The molecule has 144 valence electrons. The van der Waals surface area contributed by atoms with Gasteiger partial charge in [0.05, 0.1) is 19.3 Å². The summed E-state index contributed by atoms with van der Waals surface area (Å²) in [6, 6.07) is 8.80. The molecule has 1 aromatic carbocycles. The van der Waals surface area contributed by atoms with Crippen LogP contribution in [0.5, 0.6) is 5.75 Å². The zero-order chi connectivity index (χ0) is 18.5. The van der Waals surface area contributed by atoms with Crippen LogP contribution in [0, 0.1) is 0 Å². The van der Waals surface area contributed by atoms with Crippen LogP contribution < -0.4 is 4.74 Å². The van der Waals surface area contributed by atoms with Crippen molar-refractivity contribution in [1.82, 2.24) is 0 Å². The molecular weight excluding hydrogens is 320 g/mol. The van der Waals surface area contributed by atoms with E-state index in [2.05, 4.69) is 43.3 Å². The Hall–Kier alpha value is -1.54. The van der Waals surface area contributed by atoms with E-state index in [4.69, 9.17) is 9.47 Å². The molecule has 1 saturated carbocycles. The quantitative estimate of drug-likeness (QED) is 0.320. The smallest absolute Gasteiger partial charge is 0.119 e. The minimum Gasteiger partial charge on any atom is -0.494 e. The van der Waals surface area contributed by atoms with Crippen LogP contribution in [0.25, 0.3) is 0 Å². The summed E-state index contributed by atoms with van der Waals surface area (Å²) in [5.74, 6) is 1.68. The Kier molecular flexibility index (Phi) is 10.2. The number of rotatable bonds is 11. The summed E-state index contributed by atoms with van der Waals surface area (Å²) in [6.45, 7) is 5.83. The molecule has 0 aliphatic heterocycles. The first-order valence-corrected chi connectivity index (χ1v) is 10.5. The molecule has 0 radical (unpaired) electrons. The fourth-order valence-electron chi connectivity index (χ4n) is 3.55. The summed E-state index contributed by atoms with van der Waals surface area (Å²) >= 11 is 0. The van der Waals surface area contributed by atoms with Gasteiger partial charge in [0.2, 0.25) is 0 Å². The molecule has 0 atom stereocenters. The van der Waals surface area contributed by atoms with E-state index in [1.54, 1.807) is 0 Å². The molecule has 2 nitrogen and oxygen atoms in total. The second-order valence-corrected chi connectivity index (χ2v) is 7.24. The summed E-state index contributed by atoms with van der Waals surface area (Å²) in [5, 5.41) is 0. The van der Waals surface area contributed by atoms with Crippen LogP contribution in [0.2, 0.25) is 0 Å². The molecule has 1 aromatic rings. The van der Waals surface area contributed by atoms with E-state index in [1.807, 2.05) is 19.1 Å². The Morgan fingerprint density at radius 3 is 2.42 bits per heavy atom. The third kappa shape index (κ3) is 7.78. The molecule has 1 aliphatic rings. The lowest BCUT2D eigenvalue weighted by Gasteiger charge is -2.28. The SMILES string of the molecule is C/C=C/C=C/COC1CCC(c2ccc(OCCCCCC)cc2)CC1. The molecule has 2 heteroatoms. The first kappa shape index (κ1) is 20.8. The number of hydrogen-bond acceptors (Lipinski definition) is 2. The topological polar surface area (TPSA) is 18.5 Å². The van der Waals surface area contributed by atoms with Gasteiger partial charge >= 0.3 is 0 Å². The van der Waals surface area contributed by atoms with Crippen molar-refractivity contribution >= 4 is 0 Å². The Morgan fingerprint density at radius 2 is 1.73 bits per heavy atom. The van der Waals surface area contributed by atoms with Crippen molar-refractivity contribution in [3.63, 3.8) is 0 Å². The molecule has 2 rings (SSSR count). The number of unbranched alkanes of at least 4 members (excludes halogenated alkanes) is 3. The lowest BCUT2D eigenvalue weighted by molar-refractivity contribution is 0.0422. The third-order valence-corrected chi connectivity index (χ3v) is 5.16. The average molecular weight is 357 g/mol. The number of ether oxygens (including phenoxy) is 2. The lowest BCUT2D eigenvalue weighted by Crippen LogP contribution is -2.20. The molecule has 0 heterocycles. The highest BCUT2D eigenvalue weighted by Crippen LogP contribution is 2.34. The Labute approximate surface area is 160 Å². The van der Waals surface area contributed by atoms with Crippen molar-refractivity contribution in [2.45, 2.75) is 77.2 Å². The second-order valence-electron chi connectivity index (χ2n) is 7.24. The second kappa shape index (κ2) is 12.8. The van der Waals surface area contributed by atoms with Gasteiger partial charge in [-0.05, 0) is 62.6 Å². The first-order valence-electron chi connectivity index (χ1n) is 10.5. The summed E-state index contributed by atoms with van der Waals surface area (Å²) in [5.41, 5.74) is 1.45. The summed E-state index contributed by atoms with van der Waals surface area (Å²) in [7, 11) is 0. The summed E-state index contributed by atoms with van der Waals surface area (Å²) in [4.78, 5) is 0. The van der Waals surface area contributed by atoms with Crippen molar-refractivity contribution in [1.29, 1.82) is 0 Å².